The number of ether oxygens (including phenoxy) is 1. The predicted molar refractivity (Wildman–Crippen MR) is 197 cm³/mol. The molecule has 9 rings (SSSR count). The van der Waals surface area contributed by atoms with E-state index in [1.54, 1.807) is 0 Å². The highest BCUT2D eigenvalue weighted by Crippen LogP contribution is 2.57. The molecule has 1 aliphatic heterocycles. The molecule has 0 unspecified atom stereocenters. The summed E-state index contributed by atoms with van der Waals surface area (Å²) in [6, 6.07) is 58.6. The lowest BCUT2D eigenvalue weighted by molar-refractivity contribution is 0.419. The molecule has 49 heavy (non-hydrogen) atoms. The number of rotatable bonds is 5. The van der Waals surface area contributed by atoms with Gasteiger partial charge in [0.25, 0.3) is 0 Å². The lowest BCUT2D eigenvalue weighted by Gasteiger charge is -2.38. The van der Waals surface area contributed by atoms with Crippen LogP contribution >= 0.6 is 0 Å². The van der Waals surface area contributed by atoms with Gasteiger partial charge in [0.05, 0.1) is 11.1 Å². The first-order valence-electron chi connectivity index (χ1n) is 16.8. The topological polar surface area (TPSA) is 12.5 Å². The van der Waals surface area contributed by atoms with Crippen LogP contribution in [0, 0.1) is 5.82 Å². The second-order valence-electron chi connectivity index (χ2n) is 13.4. The van der Waals surface area contributed by atoms with Gasteiger partial charge in [0.15, 0.2) is 5.75 Å². The second kappa shape index (κ2) is 11.1. The van der Waals surface area contributed by atoms with Crippen molar-refractivity contribution in [3.8, 4) is 22.6 Å². The number of nitrogens with zero attached hydrogens (tertiary/aromatic N) is 1. The molecule has 0 saturated heterocycles. The van der Waals surface area contributed by atoms with Gasteiger partial charge in [-0.1, -0.05) is 135 Å². The molecule has 236 valence electrons. The normalized spacial score (nSPS) is 14.5. The predicted octanol–water partition coefficient (Wildman–Crippen LogP) is 12.1. The van der Waals surface area contributed by atoms with Crippen molar-refractivity contribution in [3.63, 3.8) is 0 Å². The van der Waals surface area contributed by atoms with E-state index in [4.69, 9.17) is 4.74 Å². The number of fused-ring (bicyclic) bond motifs is 5. The highest BCUT2D eigenvalue weighted by Gasteiger charge is 2.46. The van der Waals surface area contributed by atoms with Gasteiger partial charge < -0.3 is 9.64 Å². The number of anilines is 3. The highest BCUT2D eigenvalue weighted by molar-refractivity contribution is 5.88. The van der Waals surface area contributed by atoms with E-state index in [2.05, 4.69) is 152 Å². The number of halogens is 1. The van der Waals surface area contributed by atoms with Gasteiger partial charge in [-0.15, -0.1) is 0 Å². The van der Waals surface area contributed by atoms with Crippen molar-refractivity contribution >= 4 is 17.1 Å². The molecule has 1 heterocycles. The van der Waals surface area contributed by atoms with Crippen molar-refractivity contribution < 1.29 is 9.13 Å². The monoisotopic (exact) mass is 635 g/mol. The Hall–Kier alpha value is -5.93. The number of para-hydroxylation sites is 2. The molecule has 0 saturated carbocycles. The fraction of sp³-hybridized carbons (Fsp3) is 0.0870. The standard InChI is InChI=1S/C46H34FNO/c1-45(2)40-22-10-11-25-43(40)49-44-41(45)23-13-24-42(44)48(34-28-26-33(47)27-29-34)35-17-12-16-32(30-35)46(31-14-4-3-5-15-31)38-20-8-6-18-36(38)37-19-7-9-21-39(37)46/h3-30H,1-2H3. The Bertz CT molecular complexity index is 2310. The summed E-state index contributed by atoms with van der Waals surface area (Å²) in [5.41, 5.74) is 11.5. The molecule has 2 nitrogen and oxygen atoms in total. The molecule has 0 radical (unpaired) electrons. The van der Waals surface area contributed by atoms with Crippen molar-refractivity contribution in [3.05, 3.63) is 209 Å². The van der Waals surface area contributed by atoms with Gasteiger partial charge in [0, 0.05) is 27.9 Å². The summed E-state index contributed by atoms with van der Waals surface area (Å²) in [6.45, 7) is 4.50. The molecule has 1 aliphatic carbocycles. The van der Waals surface area contributed by atoms with Crippen LogP contribution in [0.3, 0.4) is 0 Å². The van der Waals surface area contributed by atoms with E-state index in [0.717, 1.165) is 45.3 Å². The maximum absolute atomic E-state index is 14.4. The fourth-order valence-corrected chi connectivity index (χ4v) is 8.23. The van der Waals surface area contributed by atoms with Gasteiger partial charge >= 0.3 is 0 Å². The van der Waals surface area contributed by atoms with E-state index in [9.17, 15) is 4.39 Å². The van der Waals surface area contributed by atoms with E-state index in [1.807, 2.05) is 24.3 Å². The Balaban J connectivity index is 1.31. The molecule has 0 spiro atoms. The molecular weight excluding hydrogens is 602 g/mol. The summed E-state index contributed by atoms with van der Waals surface area (Å²) in [5, 5.41) is 0. The minimum absolute atomic E-state index is 0.277. The third-order valence-corrected chi connectivity index (χ3v) is 10.5. The first-order chi connectivity index (χ1) is 24.0. The van der Waals surface area contributed by atoms with Crippen molar-refractivity contribution in [1.29, 1.82) is 0 Å². The van der Waals surface area contributed by atoms with Crippen LogP contribution in [0.15, 0.2) is 170 Å². The zero-order valence-corrected chi connectivity index (χ0v) is 27.4. The minimum Gasteiger partial charge on any atom is -0.455 e. The summed E-state index contributed by atoms with van der Waals surface area (Å²) in [5.74, 6) is 1.37. The van der Waals surface area contributed by atoms with Gasteiger partial charge in [-0.2, -0.15) is 0 Å². The molecule has 0 N–H and O–H groups in total. The molecule has 7 aromatic rings. The van der Waals surface area contributed by atoms with Gasteiger partial charge in [0.2, 0.25) is 0 Å². The highest BCUT2D eigenvalue weighted by atomic mass is 19.1. The van der Waals surface area contributed by atoms with E-state index in [-0.39, 0.29) is 11.2 Å². The average Bonchev–Trinajstić information content (AvgIpc) is 3.45. The third-order valence-electron chi connectivity index (χ3n) is 10.5. The Morgan fingerprint density at radius 3 is 1.78 bits per heavy atom. The Morgan fingerprint density at radius 1 is 0.490 bits per heavy atom. The van der Waals surface area contributed by atoms with Gasteiger partial charge in [-0.3, -0.25) is 0 Å². The molecule has 0 bridgehead atoms. The maximum Gasteiger partial charge on any atom is 0.155 e. The first-order valence-corrected chi connectivity index (χ1v) is 16.8. The average molecular weight is 636 g/mol. The third kappa shape index (κ3) is 4.32. The summed E-state index contributed by atoms with van der Waals surface area (Å²) in [6.07, 6.45) is 0. The Kier molecular flexibility index (Phi) is 6.60. The van der Waals surface area contributed by atoms with Crippen LogP contribution in [0.5, 0.6) is 11.5 Å². The van der Waals surface area contributed by atoms with Crippen LogP contribution in [0.4, 0.5) is 21.5 Å². The quantitative estimate of drug-likeness (QED) is 0.187. The largest absolute Gasteiger partial charge is 0.455 e. The summed E-state index contributed by atoms with van der Waals surface area (Å²) < 4.78 is 21.2. The SMILES string of the molecule is CC1(C)c2ccccc2Oc2c(N(c3ccc(F)cc3)c3cccc(C4(c5ccccc5)c5ccccc5-c5ccccc54)c3)cccc21. The lowest BCUT2D eigenvalue weighted by Crippen LogP contribution is -2.29. The van der Waals surface area contributed by atoms with E-state index in [1.165, 1.54) is 39.9 Å². The van der Waals surface area contributed by atoms with E-state index >= 15 is 0 Å². The van der Waals surface area contributed by atoms with Crippen LogP contribution in [0.25, 0.3) is 11.1 Å². The van der Waals surface area contributed by atoms with Crippen LogP contribution in [0.2, 0.25) is 0 Å². The maximum atomic E-state index is 14.4. The van der Waals surface area contributed by atoms with Crippen molar-refractivity contribution in [2.75, 3.05) is 4.90 Å². The van der Waals surface area contributed by atoms with Crippen LogP contribution in [-0.4, -0.2) is 0 Å². The number of benzene rings is 7. The van der Waals surface area contributed by atoms with Crippen molar-refractivity contribution in [2.24, 2.45) is 0 Å². The smallest absolute Gasteiger partial charge is 0.155 e. The van der Waals surface area contributed by atoms with Gasteiger partial charge in [0.1, 0.15) is 11.6 Å². The van der Waals surface area contributed by atoms with Crippen molar-refractivity contribution in [1.82, 2.24) is 0 Å². The van der Waals surface area contributed by atoms with Crippen LogP contribution < -0.4 is 9.64 Å². The lowest BCUT2D eigenvalue weighted by atomic mass is 9.67. The van der Waals surface area contributed by atoms with E-state index < -0.39 is 5.41 Å². The first kappa shape index (κ1) is 29.2. The number of hydrogen-bond donors (Lipinski definition) is 0. The zero-order valence-electron chi connectivity index (χ0n) is 27.4. The van der Waals surface area contributed by atoms with Crippen LogP contribution in [-0.2, 0) is 10.8 Å². The van der Waals surface area contributed by atoms with E-state index in [0.29, 0.717) is 0 Å². The summed E-state index contributed by atoms with van der Waals surface area (Å²) in [7, 11) is 0. The Morgan fingerprint density at radius 2 is 1.06 bits per heavy atom. The second-order valence-corrected chi connectivity index (χ2v) is 13.4. The van der Waals surface area contributed by atoms with Crippen LogP contribution in [0.1, 0.15) is 47.2 Å². The van der Waals surface area contributed by atoms with Gasteiger partial charge in [-0.25, -0.2) is 4.39 Å². The number of hydrogen-bond acceptors (Lipinski definition) is 2. The van der Waals surface area contributed by atoms with Gasteiger partial charge in [-0.05, 0) is 81.9 Å². The molecule has 3 heteroatoms. The molecule has 0 fully saturated rings. The fourth-order valence-electron chi connectivity index (χ4n) is 8.23. The Labute approximate surface area is 286 Å². The minimum atomic E-state index is -0.549. The van der Waals surface area contributed by atoms with Crippen molar-refractivity contribution in [2.45, 2.75) is 24.7 Å². The summed E-state index contributed by atoms with van der Waals surface area (Å²) >= 11 is 0. The zero-order chi connectivity index (χ0) is 33.2. The molecule has 2 aliphatic rings. The molecular formula is C46H34FNO. The molecule has 7 aromatic carbocycles. The summed E-state index contributed by atoms with van der Waals surface area (Å²) in [4.78, 5) is 2.21. The molecule has 0 aromatic heterocycles. The molecule has 0 amide bonds. The molecule has 0 atom stereocenters.